The van der Waals surface area contributed by atoms with Crippen molar-refractivity contribution in [2.45, 2.75) is 31.7 Å². The van der Waals surface area contributed by atoms with Gasteiger partial charge in [0.05, 0.1) is 16.9 Å². The van der Waals surface area contributed by atoms with Gasteiger partial charge in [0.25, 0.3) is 5.69 Å². The van der Waals surface area contributed by atoms with Gasteiger partial charge in [0, 0.05) is 18.2 Å². The maximum absolute atomic E-state index is 12.4. The molecule has 25 heavy (non-hydrogen) atoms. The SMILES string of the molecule is CS(=O)(=O)N(CC(=O)NC1CC2CCC1C2)c1cccc([N+](=O)[O-])c1. The predicted molar refractivity (Wildman–Crippen MR) is 92.7 cm³/mol. The minimum Gasteiger partial charge on any atom is -0.352 e. The van der Waals surface area contributed by atoms with Crippen molar-refractivity contribution in [3.8, 4) is 0 Å². The first-order chi connectivity index (χ1) is 11.7. The molecule has 3 atom stereocenters. The summed E-state index contributed by atoms with van der Waals surface area (Å²) in [6.07, 6.45) is 5.38. The van der Waals surface area contributed by atoms with E-state index >= 15 is 0 Å². The molecule has 1 N–H and O–H groups in total. The number of rotatable bonds is 6. The smallest absolute Gasteiger partial charge is 0.271 e. The monoisotopic (exact) mass is 367 g/mol. The molecule has 2 bridgehead atoms. The molecule has 2 aliphatic carbocycles. The molecule has 2 saturated carbocycles. The third kappa shape index (κ3) is 3.92. The zero-order valence-corrected chi connectivity index (χ0v) is 14.7. The fraction of sp³-hybridized carbons (Fsp3) is 0.562. The molecule has 1 aromatic rings. The van der Waals surface area contributed by atoms with Crippen molar-refractivity contribution in [3.05, 3.63) is 34.4 Å². The van der Waals surface area contributed by atoms with Gasteiger partial charge in [-0.2, -0.15) is 0 Å². The number of sulfonamides is 1. The second-order valence-electron chi connectivity index (χ2n) is 6.90. The third-order valence-electron chi connectivity index (χ3n) is 5.10. The number of amides is 1. The van der Waals surface area contributed by atoms with Crippen LogP contribution in [0.15, 0.2) is 24.3 Å². The summed E-state index contributed by atoms with van der Waals surface area (Å²) >= 11 is 0. The number of nitro benzene ring substituents is 1. The van der Waals surface area contributed by atoms with Crippen molar-refractivity contribution in [3.63, 3.8) is 0 Å². The fourth-order valence-electron chi connectivity index (χ4n) is 3.97. The summed E-state index contributed by atoms with van der Waals surface area (Å²) in [5.41, 5.74) is -0.112. The number of fused-ring (bicyclic) bond motifs is 2. The molecule has 0 aromatic heterocycles. The predicted octanol–water partition coefficient (Wildman–Crippen LogP) is 1.67. The van der Waals surface area contributed by atoms with Crippen LogP contribution >= 0.6 is 0 Å². The highest BCUT2D eigenvalue weighted by atomic mass is 32.2. The van der Waals surface area contributed by atoms with Gasteiger partial charge in [-0.25, -0.2) is 8.42 Å². The molecule has 2 aliphatic rings. The molecule has 3 unspecified atom stereocenters. The van der Waals surface area contributed by atoms with E-state index in [1.807, 2.05) is 0 Å². The standard InChI is InChI=1S/C16H21N3O5S/c1-25(23,24)18(13-3-2-4-14(9-13)19(21)22)10-16(20)17-15-8-11-5-6-12(15)7-11/h2-4,9,11-12,15H,5-8,10H2,1H3,(H,17,20). The molecule has 3 rings (SSSR count). The number of anilines is 1. The summed E-state index contributed by atoms with van der Waals surface area (Å²) in [5.74, 6) is 0.769. The molecule has 1 amide bonds. The number of nitrogens with zero attached hydrogens (tertiary/aromatic N) is 2. The van der Waals surface area contributed by atoms with Gasteiger partial charge in [0.1, 0.15) is 6.54 Å². The van der Waals surface area contributed by atoms with Gasteiger partial charge in [-0.3, -0.25) is 19.2 Å². The van der Waals surface area contributed by atoms with E-state index in [0.29, 0.717) is 11.8 Å². The van der Waals surface area contributed by atoms with Crippen LogP contribution in [-0.4, -0.2) is 38.1 Å². The van der Waals surface area contributed by atoms with E-state index in [1.165, 1.54) is 24.6 Å². The van der Waals surface area contributed by atoms with Gasteiger partial charge in [-0.1, -0.05) is 12.5 Å². The molecule has 0 aliphatic heterocycles. The molecule has 1 aromatic carbocycles. The van der Waals surface area contributed by atoms with Crippen LogP contribution in [0.3, 0.4) is 0 Å². The van der Waals surface area contributed by atoms with Gasteiger partial charge >= 0.3 is 0 Å². The first-order valence-electron chi connectivity index (χ1n) is 8.25. The molecule has 0 heterocycles. The fourth-order valence-corrected chi connectivity index (χ4v) is 4.81. The van der Waals surface area contributed by atoms with Crippen LogP contribution in [0.25, 0.3) is 0 Å². The van der Waals surface area contributed by atoms with Crippen molar-refractivity contribution >= 4 is 27.3 Å². The summed E-state index contributed by atoms with van der Waals surface area (Å²) in [6.45, 7) is -0.381. The number of benzene rings is 1. The quantitative estimate of drug-likeness (QED) is 0.607. The number of non-ortho nitro benzene ring substituents is 1. The Balaban J connectivity index is 1.74. The summed E-state index contributed by atoms with van der Waals surface area (Å²) in [6, 6.07) is 5.39. The Bertz CT molecular complexity index is 795. The molecule has 9 heteroatoms. The van der Waals surface area contributed by atoms with E-state index in [-0.39, 0.29) is 29.9 Å². The number of hydrogen-bond donors (Lipinski definition) is 1. The van der Waals surface area contributed by atoms with Crippen molar-refractivity contribution in [1.82, 2.24) is 5.32 Å². The second-order valence-corrected chi connectivity index (χ2v) is 8.80. The van der Waals surface area contributed by atoms with Crippen molar-refractivity contribution in [1.29, 1.82) is 0 Å². The normalized spacial score (nSPS) is 24.9. The van der Waals surface area contributed by atoms with E-state index < -0.39 is 14.9 Å². The van der Waals surface area contributed by atoms with E-state index in [2.05, 4.69) is 5.32 Å². The Hall–Kier alpha value is -2.16. The topological polar surface area (TPSA) is 110 Å². The maximum Gasteiger partial charge on any atom is 0.271 e. The van der Waals surface area contributed by atoms with Crippen molar-refractivity contribution < 1.29 is 18.1 Å². The molecule has 2 fully saturated rings. The highest BCUT2D eigenvalue weighted by Gasteiger charge is 2.40. The lowest BCUT2D eigenvalue weighted by Gasteiger charge is -2.26. The highest BCUT2D eigenvalue weighted by molar-refractivity contribution is 7.92. The van der Waals surface area contributed by atoms with Crippen molar-refractivity contribution in [2.24, 2.45) is 11.8 Å². The molecule has 0 saturated heterocycles. The average molecular weight is 367 g/mol. The largest absolute Gasteiger partial charge is 0.352 e. The minimum atomic E-state index is -3.75. The average Bonchev–Trinajstić information content (AvgIpc) is 3.14. The van der Waals surface area contributed by atoms with E-state index in [0.717, 1.165) is 35.9 Å². The van der Waals surface area contributed by atoms with E-state index in [1.54, 1.807) is 0 Å². The maximum atomic E-state index is 12.4. The Labute approximate surface area is 146 Å². The number of nitrogens with one attached hydrogen (secondary N) is 1. The number of nitro groups is 1. The first-order valence-corrected chi connectivity index (χ1v) is 10.1. The lowest BCUT2D eigenvalue weighted by Crippen LogP contribution is -2.45. The number of carbonyl (C=O) groups is 1. The van der Waals surface area contributed by atoms with Gasteiger partial charge in [-0.05, 0) is 37.2 Å². The third-order valence-corrected chi connectivity index (χ3v) is 6.24. The Morgan fingerprint density at radius 2 is 2.12 bits per heavy atom. The Kier molecular flexibility index (Phi) is 4.68. The summed E-state index contributed by atoms with van der Waals surface area (Å²) in [4.78, 5) is 22.7. The van der Waals surface area contributed by atoms with E-state index in [4.69, 9.17) is 0 Å². The first kappa shape index (κ1) is 17.7. The number of hydrogen-bond acceptors (Lipinski definition) is 5. The van der Waals surface area contributed by atoms with Crippen LogP contribution < -0.4 is 9.62 Å². The van der Waals surface area contributed by atoms with Gasteiger partial charge in [-0.15, -0.1) is 0 Å². The van der Waals surface area contributed by atoms with Crippen LogP contribution in [-0.2, 0) is 14.8 Å². The highest BCUT2D eigenvalue weighted by Crippen LogP contribution is 2.44. The van der Waals surface area contributed by atoms with Crippen molar-refractivity contribution in [2.75, 3.05) is 17.1 Å². The van der Waals surface area contributed by atoms with E-state index in [9.17, 15) is 23.3 Å². The lowest BCUT2D eigenvalue weighted by molar-refractivity contribution is -0.384. The summed E-state index contributed by atoms with van der Waals surface area (Å²) in [5, 5.41) is 13.9. The van der Waals surface area contributed by atoms with Crippen LogP contribution in [0.5, 0.6) is 0 Å². The Morgan fingerprint density at radius 1 is 1.36 bits per heavy atom. The molecule has 136 valence electrons. The zero-order valence-electron chi connectivity index (χ0n) is 13.9. The zero-order chi connectivity index (χ0) is 18.2. The van der Waals surface area contributed by atoms with Gasteiger partial charge < -0.3 is 5.32 Å². The summed E-state index contributed by atoms with van der Waals surface area (Å²) < 4.78 is 25.1. The summed E-state index contributed by atoms with van der Waals surface area (Å²) in [7, 11) is -3.75. The van der Waals surface area contributed by atoms with Gasteiger partial charge in [0.2, 0.25) is 15.9 Å². The molecular weight excluding hydrogens is 346 g/mol. The molecular formula is C16H21N3O5S. The van der Waals surface area contributed by atoms with Crippen LogP contribution in [0.1, 0.15) is 25.7 Å². The van der Waals surface area contributed by atoms with Gasteiger partial charge in [0.15, 0.2) is 0 Å². The second kappa shape index (κ2) is 6.62. The molecule has 0 spiro atoms. The van der Waals surface area contributed by atoms with Crippen LogP contribution in [0, 0.1) is 22.0 Å². The molecule has 0 radical (unpaired) electrons. The molecule has 8 nitrogen and oxygen atoms in total. The van der Waals surface area contributed by atoms with Crippen LogP contribution in [0.4, 0.5) is 11.4 Å². The Morgan fingerprint density at radius 3 is 2.68 bits per heavy atom. The number of carbonyl (C=O) groups excluding carboxylic acids is 1. The minimum absolute atomic E-state index is 0.109. The van der Waals surface area contributed by atoms with Crippen LogP contribution in [0.2, 0.25) is 0 Å². The lowest BCUT2D eigenvalue weighted by atomic mass is 9.95.